The van der Waals surface area contributed by atoms with Crippen molar-refractivity contribution < 1.29 is 31.7 Å². The van der Waals surface area contributed by atoms with Gasteiger partial charge in [0.2, 0.25) is 0 Å². The van der Waals surface area contributed by atoms with E-state index in [9.17, 15) is 18.0 Å². The summed E-state index contributed by atoms with van der Waals surface area (Å²) in [6.45, 7) is 13.8. The van der Waals surface area contributed by atoms with Gasteiger partial charge in [0.25, 0.3) is 10.1 Å². The van der Waals surface area contributed by atoms with Gasteiger partial charge in [0.1, 0.15) is 11.2 Å². The molecule has 0 spiro atoms. The molecule has 4 aromatic rings. The summed E-state index contributed by atoms with van der Waals surface area (Å²) in [7, 11) is -3.93. The van der Waals surface area contributed by atoms with Gasteiger partial charge >= 0.3 is 12.2 Å². The molecule has 0 aromatic heterocycles. The van der Waals surface area contributed by atoms with Gasteiger partial charge < -0.3 is 19.3 Å². The first-order valence-electron chi connectivity index (χ1n) is 16.3. The van der Waals surface area contributed by atoms with E-state index in [1.54, 1.807) is 37.8 Å². The molecule has 258 valence electrons. The molecule has 0 saturated heterocycles. The van der Waals surface area contributed by atoms with Crippen molar-refractivity contribution in [3.8, 4) is 0 Å². The van der Waals surface area contributed by atoms with Crippen molar-refractivity contribution >= 4 is 43.8 Å². The molecule has 0 radical (unpaired) electrons. The van der Waals surface area contributed by atoms with Gasteiger partial charge in [0, 0.05) is 19.6 Å². The van der Waals surface area contributed by atoms with Crippen LogP contribution in [0.5, 0.6) is 0 Å². The fraction of sp³-hybridized carbons (Fsp3) is 0.421. The number of fused-ring (bicyclic) bond motifs is 2. The monoisotopic (exact) mass is 676 g/mol. The average molecular weight is 677 g/mol. The zero-order chi connectivity index (χ0) is 35.1. The number of benzene rings is 4. The zero-order valence-electron chi connectivity index (χ0n) is 29.1. The Labute approximate surface area is 284 Å². The first-order valence-corrected chi connectivity index (χ1v) is 17.7. The highest BCUT2D eigenvalue weighted by molar-refractivity contribution is 7.86. The van der Waals surface area contributed by atoms with Crippen LogP contribution in [-0.2, 0) is 30.3 Å². The van der Waals surface area contributed by atoms with Crippen LogP contribution in [0.3, 0.4) is 0 Å². The van der Waals surface area contributed by atoms with E-state index in [0.717, 1.165) is 32.7 Å². The maximum Gasteiger partial charge on any atom is 0.410 e. The lowest BCUT2D eigenvalue weighted by atomic mass is 9.96. The number of hydrogen-bond acceptors (Lipinski definition) is 7. The topological polar surface area (TPSA) is 102 Å². The maximum absolute atomic E-state index is 13.6. The highest BCUT2D eigenvalue weighted by Crippen LogP contribution is 2.30. The van der Waals surface area contributed by atoms with Crippen molar-refractivity contribution in [1.82, 2.24) is 9.80 Å². The van der Waals surface area contributed by atoms with Crippen molar-refractivity contribution in [3.05, 3.63) is 90.0 Å². The Balaban J connectivity index is 1.50. The van der Waals surface area contributed by atoms with Crippen LogP contribution in [0, 0.1) is 6.92 Å². The molecule has 0 unspecified atom stereocenters. The number of carbonyl (C=O) groups excluding carboxylic acids is 2. The Bertz CT molecular complexity index is 1770. The Kier molecular flexibility index (Phi) is 11.8. The number of nitrogens with zero attached hydrogens (tertiary/aromatic N) is 2. The number of amides is 2. The summed E-state index contributed by atoms with van der Waals surface area (Å²) >= 11 is 0. The third kappa shape index (κ3) is 10.4. The van der Waals surface area contributed by atoms with Crippen molar-refractivity contribution in [2.45, 2.75) is 84.0 Å². The molecule has 48 heavy (non-hydrogen) atoms. The van der Waals surface area contributed by atoms with Crippen LogP contribution in [-0.4, -0.2) is 67.8 Å². The molecular weight excluding hydrogens is 628 g/mol. The van der Waals surface area contributed by atoms with Crippen molar-refractivity contribution in [1.29, 1.82) is 0 Å². The van der Waals surface area contributed by atoms with Gasteiger partial charge in [0.05, 0.1) is 18.0 Å². The highest BCUT2D eigenvalue weighted by atomic mass is 32.2. The van der Waals surface area contributed by atoms with Gasteiger partial charge in [-0.05, 0) is 107 Å². The van der Waals surface area contributed by atoms with E-state index >= 15 is 0 Å². The van der Waals surface area contributed by atoms with Gasteiger partial charge in [-0.1, -0.05) is 66.2 Å². The van der Waals surface area contributed by atoms with E-state index in [0.29, 0.717) is 19.5 Å². The third-order valence-corrected chi connectivity index (χ3v) is 8.84. The Morgan fingerprint density at radius 2 is 1.15 bits per heavy atom. The first kappa shape index (κ1) is 36.7. The molecule has 4 rings (SSSR count). The number of rotatable bonds is 12. The maximum atomic E-state index is 13.6. The minimum Gasteiger partial charge on any atom is -0.444 e. The Morgan fingerprint density at radius 3 is 1.69 bits per heavy atom. The molecule has 10 heteroatoms. The summed E-state index contributed by atoms with van der Waals surface area (Å²) in [5, 5.41) is 4.28. The molecule has 0 bridgehead atoms. The van der Waals surface area contributed by atoms with Crippen molar-refractivity contribution in [2.24, 2.45) is 0 Å². The summed E-state index contributed by atoms with van der Waals surface area (Å²) in [5.41, 5.74) is 0.541. The van der Waals surface area contributed by atoms with Crippen LogP contribution in [0.1, 0.15) is 65.5 Å². The summed E-state index contributed by atoms with van der Waals surface area (Å²) in [6.07, 6.45) is -0.267. The summed E-state index contributed by atoms with van der Waals surface area (Å²) < 4.78 is 42.1. The molecule has 0 N–H and O–H groups in total. The molecule has 9 nitrogen and oxygen atoms in total. The molecule has 0 atom stereocenters. The SMILES string of the molecule is Cc1ccc(S(=O)(=O)OCCCN(CCCN(Cc2c3ccccc3cc3ccccc23)C(=O)OC(C)(C)C)C(=O)OC(C)(C)C)cc1. The first-order chi connectivity index (χ1) is 22.5. The molecule has 2 amide bonds. The van der Waals surface area contributed by atoms with E-state index < -0.39 is 33.5 Å². The lowest BCUT2D eigenvalue weighted by Crippen LogP contribution is -2.41. The summed E-state index contributed by atoms with van der Waals surface area (Å²) in [5.74, 6) is 0. The molecule has 0 saturated carbocycles. The molecule has 0 aliphatic rings. The molecule has 0 heterocycles. The third-order valence-electron chi connectivity index (χ3n) is 7.51. The Hall–Kier alpha value is -4.15. The number of carbonyl (C=O) groups is 2. The lowest BCUT2D eigenvalue weighted by molar-refractivity contribution is 0.0192. The number of hydrogen-bond donors (Lipinski definition) is 0. The van der Waals surface area contributed by atoms with Crippen LogP contribution in [0.4, 0.5) is 9.59 Å². The van der Waals surface area contributed by atoms with Gasteiger partial charge in [-0.15, -0.1) is 0 Å². The minimum atomic E-state index is -3.93. The molecule has 4 aromatic carbocycles. The predicted octanol–water partition coefficient (Wildman–Crippen LogP) is 8.46. The highest BCUT2D eigenvalue weighted by Gasteiger charge is 2.26. The summed E-state index contributed by atoms with van der Waals surface area (Å²) in [4.78, 5) is 30.1. The quantitative estimate of drug-likeness (QED) is 0.0843. The molecular formula is C38H48N2O7S. The van der Waals surface area contributed by atoms with Gasteiger partial charge in [-0.3, -0.25) is 4.18 Å². The van der Waals surface area contributed by atoms with Gasteiger partial charge in [0.15, 0.2) is 0 Å². The van der Waals surface area contributed by atoms with Crippen LogP contribution in [0.2, 0.25) is 0 Å². The largest absolute Gasteiger partial charge is 0.444 e. The number of ether oxygens (including phenoxy) is 2. The molecule has 0 fully saturated rings. The van der Waals surface area contributed by atoms with Crippen molar-refractivity contribution in [2.75, 3.05) is 26.2 Å². The fourth-order valence-corrected chi connectivity index (χ4v) is 6.24. The zero-order valence-corrected chi connectivity index (χ0v) is 29.9. The van der Waals surface area contributed by atoms with E-state index in [1.807, 2.05) is 52.0 Å². The van der Waals surface area contributed by atoms with Gasteiger partial charge in [-0.25, -0.2) is 9.59 Å². The smallest absolute Gasteiger partial charge is 0.410 e. The van der Waals surface area contributed by atoms with E-state index in [2.05, 4.69) is 30.3 Å². The second-order valence-corrected chi connectivity index (χ2v) is 15.6. The van der Waals surface area contributed by atoms with Crippen LogP contribution in [0.25, 0.3) is 21.5 Å². The van der Waals surface area contributed by atoms with Crippen LogP contribution < -0.4 is 0 Å². The average Bonchev–Trinajstić information content (AvgIpc) is 2.99. The van der Waals surface area contributed by atoms with E-state index in [-0.39, 0.29) is 31.0 Å². The Morgan fingerprint density at radius 1 is 0.667 bits per heavy atom. The van der Waals surface area contributed by atoms with Crippen molar-refractivity contribution in [3.63, 3.8) is 0 Å². The van der Waals surface area contributed by atoms with Gasteiger partial charge in [-0.2, -0.15) is 8.42 Å². The van der Waals surface area contributed by atoms with Crippen LogP contribution >= 0.6 is 0 Å². The fourth-order valence-electron chi connectivity index (χ4n) is 5.30. The number of aryl methyl sites for hydroxylation is 1. The molecule has 0 aliphatic heterocycles. The second kappa shape index (κ2) is 15.4. The lowest BCUT2D eigenvalue weighted by Gasteiger charge is -2.30. The normalized spacial score (nSPS) is 12.2. The second-order valence-electron chi connectivity index (χ2n) is 14.0. The minimum absolute atomic E-state index is 0.0818. The van der Waals surface area contributed by atoms with Crippen LogP contribution in [0.15, 0.2) is 83.8 Å². The van der Waals surface area contributed by atoms with E-state index in [4.69, 9.17) is 13.7 Å². The standard InChI is InChI=1S/C38H48N2O7S/c1-28-18-20-31(21-19-28)48(43,44)45-25-13-24-39(35(41)46-37(2,3)4)22-12-23-40(36(42)47-38(5,6)7)27-34-32-16-10-8-14-29(32)26-30-15-9-11-17-33(30)34/h8-11,14-21,26H,12-13,22-25,27H2,1-7H3. The van der Waals surface area contributed by atoms with E-state index in [1.165, 1.54) is 17.0 Å². The molecule has 0 aliphatic carbocycles. The predicted molar refractivity (Wildman–Crippen MR) is 189 cm³/mol. The summed E-state index contributed by atoms with van der Waals surface area (Å²) in [6, 6.07) is 24.8.